The van der Waals surface area contributed by atoms with E-state index in [1.54, 1.807) is 31.4 Å². The molecular formula is C20H26N4O5. The van der Waals surface area contributed by atoms with E-state index in [0.29, 0.717) is 30.0 Å². The number of carbonyl (C=O) groups is 2. The number of ether oxygens (including phenoxy) is 1. The number of methoxy groups -OCH3 is 1. The van der Waals surface area contributed by atoms with Crippen molar-refractivity contribution >= 4 is 18.3 Å². The Hall–Kier alpha value is -3.20. The molecule has 3 rings (SSSR count). The van der Waals surface area contributed by atoms with E-state index in [0.717, 1.165) is 12.8 Å². The van der Waals surface area contributed by atoms with Crippen LogP contribution in [0, 0.1) is 5.41 Å². The molecule has 1 aromatic heterocycles. The first-order valence-corrected chi connectivity index (χ1v) is 9.25. The third-order valence-electron chi connectivity index (χ3n) is 4.92. The molecule has 1 aliphatic rings. The summed E-state index contributed by atoms with van der Waals surface area (Å²) in [6.45, 7) is 1.00. The second kappa shape index (κ2) is 10.4. The molecule has 1 fully saturated rings. The van der Waals surface area contributed by atoms with Gasteiger partial charge in [-0.1, -0.05) is 25.0 Å². The number of carboxylic acid groups (broad SMARTS) is 1. The van der Waals surface area contributed by atoms with Gasteiger partial charge in [0.05, 0.1) is 12.3 Å². The van der Waals surface area contributed by atoms with Crippen LogP contribution in [0.2, 0.25) is 0 Å². The first kappa shape index (κ1) is 22.1. The molecule has 0 spiro atoms. The minimum atomic E-state index is -0.329. The third-order valence-corrected chi connectivity index (χ3v) is 4.92. The van der Waals surface area contributed by atoms with Gasteiger partial charge in [0.2, 0.25) is 5.95 Å². The van der Waals surface area contributed by atoms with E-state index >= 15 is 0 Å². The molecule has 0 aliphatic heterocycles. The fourth-order valence-corrected chi connectivity index (χ4v) is 3.62. The van der Waals surface area contributed by atoms with Crippen LogP contribution in [-0.2, 0) is 9.53 Å². The number of nitrogens with two attached hydrogens (primary N) is 1. The lowest BCUT2D eigenvalue weighted by Crippen LogP contribution is -2.38. The molecular weight excluding hydrogens is 376 g/mol. The summed E-state index contributed by atoms with van der Waals surface area (Å²) in [6.07, 6.45) is 4.48. The summed E-state index contributed by atoms with van der Waals surface area (Å²) in [5.41, 5.74) is 6.93. The van der Waals surface area contributed by atoms with Crippen molar-refractivity contribution in [2.45, 2.75) is 25.7 Å². The highest BCUT2D eigenvalue weighted by Gasteiger charge is 2.34. The maximum atomic E-state index is 12.6. The standard InChI is InChI=1S/C19H24N4O3.CH2O2/c1-26-12-19(7-2-3-8-19)11-21-17(25)14-6-4-5-13(9-14)15-10-16(24)23-18(20)22-15;2-1-3/h4-6,9-10H,2-3,7-8,11-12H2,1H3,(H,21,25)(H3,20,22,23,24);1H,(H,2,3). The Labute approximate surface area is 168 Å². The Kier molecular flexibility index (Phi) is 7.90. The van der Waals surface area contributed by atoms with Crippen molar-refractivity contribution in [1.82, 2.24) is 15.3 Å². The molecule has 1 amide bonds. The van der Waals surface area contributed by atoms with Crippen molar-refractivity contribution in [3.05, 3.63) is 46.2 Å². The summed E-state index contributed by atoms with van der Waals surface area (Å²) in [6, 6.07) is 8.38. The monoisotopic (exact) mass is 402 g/mol. The molecule has 2 aromatic rings. The highest BCUT2D eigenvalue weighted by Crippen LogP contribution is 2.37. The van der Waals surface area contributed by atoms with Crippen LogP contribution in [0.1, 0.15) is 36.0 Å². The van der Waals surface area contributed by atoms with Crippen LogP contribution in [0.4, 0.5) is 5.95 Å². The number of aromatic nitrogens is 2. The Morgan fingerprint density at radius 1 is 1.38 bits per heavy atom. The number of nitrogens with zero attached hydrogens (tertiary/aromatic N) is 1. The summed E-state index contributed by atoms with van der Waals surface area (Å²) in [7, 11) is 1.70. The van der Waals surface area contributed by atoms with Gasteiger partial charge in [0, 0.05) is 36.3 Å². The van der Waals surface area contributed by atoms with Crippen molar-refractivity contribution in [1.29, 1.82) is 0 Å². The number of carbonyl (C=O) groups excluding carboxylic acids is 1. The number of hydrogen-bond donors (Lipinski definition) is 4. The second-order valence-corrected chi connectivity index (χ2v) is 7.02. The Balaban J connectivity index is 0.000000941. The van der Waals surface area contributed by atoms with Crippen molar-refractivity contribution in [3.63, 3.8) is 0 Å². The van der Waals surface area contributed by atoms with Crippen molar-refractivity contribution in [2.75, 3.05) is 26.0 Å². The molecule has 0 unspecified atom stereocenters. The molecule has 0 atom stereocenters. The van der Waals surface area contributed by atoms with Gasteiger partial charge in [0.1, 0.15) is 0 Å². The number of aromatic amines is 1. The predicted molar refractivity (Wildman–Crippen MR) is 109 cm³/mol. The van der Waals surface area contributed by atoms with E-state index in [4.69, 9.17) is 20.4 Å². The quantitative estimate of drug-likeness (QED) is 0.537. The molecule has 1 saturated carbocycles. The van der Waals surface area contributed by atoms with Gasteiger partial charge in [-0.05, 0) is 25.0 Å². The average molecular weight is 402 g/mol. The number of H-pyrrole nitrogens is 1. The van der Waals surface area contributed by atoms with E-state index in [1.807, 2.05) is 0 Å². The molecule has 1 heterocycles. The van der Waals surface area contributed by atoms with Crippen LogP contribution in [-0.4, -0.2) is 47.7 Å². The zero-order valence-corrected chi connectivity index (χ0v) is 16.3. The molecule has 0 radical (unpaired) electrons. The minimum absolute atomic E-state index is 0.0325. The predicted octanol–water partition coefficient (Wildman–Crippen LogP) is 1.66. The highest BCUT2D eigenvalue weighted by molar-refractivity contribution is 5.95. The van der Waals surface area contributed by atoms with Crippen LogP contribution >= 0.6 is 0 Å². The number of anilines is 1. The Morgan fingerprint density at radius 2 is 2.07 bits per heavy atom. The van der Waals surface area contributed by atoms with E-state index < -0.39 is 0 Å². The molecule has 9 nitrogen and oxygen atoms in total. The first-order chi connectivity index (χ1) is 13.9. The lowest BCUT2D eigenvalue weighted by molar-refractivity contribution is -0.122. The number of nitrogen functional groups attached to an aromatic ring is 1. The molecule has 156 valence electrons. The summed E-state index contributed by atoms with van der Waals surface area (Å²) < 4.78 is 5.36. The molecule has 5 N–H and O–H groups in total. The fraction of sp³-hybridized carbons (Fsp3) is 0.400. The van der Waals surface area contributed by atoms with E-state index in [2.05, 4.69) is 15.3 Å². The van der Waals surface area contributed by atoms with Crippen LogP contribution in [0.25, 0.3) is 11.3 Å². The maximum Gasteiger partial charge on any atom is 0.290 e. The van der Waals surface area contributed by atoms with Crippen molar-refractivity contribution in [3.8, 4) is 11.3 Å². The second-order valence-electron chi connectivity index (χ2n) is 7.02. The zero-order chi connectivity index (χ0) is 21.3. The number of rotatable bonds is 6. The van der Waals surface area contributed by atoms with Crippen molar-refractivity contribution < 1.29 is 19.4 Å². The van der Waals surface area contributed by atoms with Crippen molar-refractivity contribution in [2.24, 2.45) is 5.41 Å². The van der Waals surface area contributed by atoms with Crippen LogP contribution < -0.4 is 16.6 Å². The van der Waals surface area contributed by atoms with Gasteiger partial charge in [0.25, 0.3) is 17.9 Å². The SMILES string of the molecule is COCC1(CNC(=O)c2cccc(-c3cc(=O)[nH]c(N)n3)c2)CCCC1.O=CO. The van der Waals surface area contributed by atoms with Crippen LogP contribution in [0.5, 0.6) is 0 Å². The number of amides is 1. The number of hydrogen-bond acceptors (Lipinski definition) is 6. The van der Waals surface area contributed by atoms with E-state index in [1.165, 1.54) is 18.9 Å². The normalized spacial score (nSPS) is 14.5. The van der Waals surface area contributed by atoms with Crippen LogP contribution in [0.15, 0.2) is 35.1 Å². The summed E-state index contributed by atoms with van der Waals surface area (Å²) >= 11 is 0. The highest BCUT2D eigenvalue weighted by atomic mass is 16.5. The lowest BCUT2D eigenvalue weighted by Gasteiger charge is -2.28. The lowest BCUT2D eigenvalue weighted by atomic mass is 9.87. The van der Waals surface area contributed by atoms with Gasteiger partial charge in [-0.3, -0.25) is 19.4 Å². The summed E-state index contributed by atoms with van der Waals surface area (Å²) in [5.74, 6) is -0.0999. The molecule has 29 heavy (non-hydrogen) atoms. The van der Waals surface area contributed by atoms with E-state index in [9.17, 15) is 9.59 Å². The maximum absolute atomic E-state index is 12.6. The van der Waals surface area contributed by atoms with Crippen LogP contribution in [0.3, 0.4) is 0 Å². The summed E-state index contributed by atoms with van der Waals surface area (Å²) in [5, 5.41) is 9.92. The molecule has 9 heteroatoms. The van der Waals surface area contributed by atoms with Gasteiger partial charge in [0.15, 0.2) is 0 Å². The van der Waals surface area contributed by atoms with Gasteiger partial charge in [-0.2, -0.15) is 0 Å². The Bertz CT molecular complexity index is 890. The third kappa shape index (κ3) is 6.15. The number of benzene rings is 1. The largest absolute Gasteiger partial charge is 0.483 e. The molecule has 1 aliphatic carbocycles. The summed E-state index contributed by atoms with van der Waals surface area (Å²) in [4.78, 5) is 39.1. The molecule has 0 bridgehead atoms. The minimum Gasteiger partial charge on any atom is -0.483 e. The number of nitrogens with one attached hydrogen (secondary N) is 2. The first-order valence-electron chi connectivity index (χ1n) is 9.25. The molecule has 1 aromatic carbocycles. The smallest absolute Gasteiger partial charge is 0.290 e. The molecule has 0 saturated heterocycles. The van der Waals surface area contributed by atoms with Gasteiger partial charge < -0.3 is 20.9 Å². The fourth-order valence-electron chi connectivity index (χ4n) is 3.62. The van der Waals surface area contributed by atoms with E-state index in [-0.39, 0.29) is 29.3 Å². The van der Waals surface area contributed by atoms with Gasteiger partial charge in [-0.15, -0.1) is 0 Å². The van der Waals surface area contributed by atoms with Gasteiger partial charge >= 0.3 is 0 Å². The Morgan fingerprint density at radius 3 is 2.69 bits per heavy atom. The average Bonchev–Trinajstić information content (AvgIpc) is 3.15. The zero-order valence-electron chi connectivity index (χ0n) is 16.3. The van der Waals surface area contributed by atoms with Gasteiger partial charge in [-0.25, -0.2) is 4.98 Å². The topological polar surface area (TPSA) is 147 Å².